The van der Waals surface area contributed by atoms with Gasteiger partial charge in [-0.1, -0.05) is 56.3 Å². The number of carbonyl (C=O) groups is 3. The Balaban J connectivity index is 2.27. The molecule has 0 heterocycles. The number of ether oxygens (including phenoxy) is 1. The van der Waals surface area contributed by atoms with Crippen LogP contribution in [0.2, 0.25) is 0 Å². The number of methoxy groups -OCH3 is 1. The molecule has 178 valence electrons. The van der Waals surface area contributed by atoms with Gasteiger partial charge in [-0.15, -0.1) is 0 Å². The lowest BCUT2D eigenvalue weighted by Crippen LogP contribution is -2.45. The molecular weight excluding hydrogens is 435 g/mol. The number of amides is 1. The van der Waals surface area contributed by atoms with E-state index in [9.17, 15) is 27.6 Å². The summed E-state index contributed by atoms with van der Waals surface area (Å²) in [6.07, 6.45) is -4.36. The molecule has 8 heteroatoms. The molecule has 2 aromatic rings. The van der Waals surface area contributed by atoms with Gasteiger partial charge < -0.3 is 10.1 Å². The van der Waals surface area contributed by atoms with Crippen LogP contribution in [0.25, 0.3) is 0 Å². The first-order valence-corrected chi connectivity index (χ1v) is 10.6. The van der Waals surface area contributed by atoms with E-state index in [-0.39, 0.29) is 24.3 Å². The number of carbonyl (C=O) groups excluding carboxylic acids is 3. The quantitative estimate of drug-likeness (QED) is 0.404. The van der Waals surface area contributed by atoms with Gasteiger partial charge in [-0.2, -0.15) is 13.2 Å². The lowest BCUT2D eigenvalue weighted by Gasteiger charge is -2.22. The smallest absolute Gasteiger partial charge is 0.416 e. The summed E-state index contributed by atoms with van der Waals surface area (Å²) in [5.41, 5.74) is -0.268. The van der Waals surface area contributed by atoms with Gasteiger partial charge in [0.2, 0.25) is 5.91 Å². The van der Waals surface area contributed by atoms with Crippen LogP contribution in [0.15, 0.2) is 54.6 Å². The molecule has 0 aliphatic heterocycles. The summed E-state index contributed by atoms with van der Waals surface area (Å²) < 4.78 is 43.9. The van der Waals surface area contributed by atoms with E-state index in [0.29, 0.717) is 6.42 Å². The maximum Gasteiger partial charge on any atom is 0.416 e. The van der Waals surface area contributed by atoms with Crippen LogP contribution in [0.1, 0.15) is 48.2 Å². The van der Waals surface area contributed by atoms with Crippen LogP contribution in [-0.2, 0) is 26.9 Å². The van der Waals surface area contributed by atoms with E-state index in [4.69, 9.17) is 4.74 Å². The molecule has 2 atom stereocenters. The minimum atomic E-state index is -4.58. The van der Waals surface area contributed by atoms with E-state index < -0.39 is 41.4 Å². The van der Waals surface area contributed by atoms with Crippen LogP contribution < -0.4 is 5.32 Å². The van der Waals surface area contributed by atoms with Crippen LogP contribution in [0, 0.1) is 11.8 Å². The van der Waals surface area contributed by atoms with Crippen molar-refractivity contribution in [1.29, 1.82) is 0 Å². The molecule has 0 aromatic heterocycles. The molecule has 0 saturated heterocycles. The van der Waals surface area contributed by atoms with Crippen LogP contribution >= 0.6 is 0 Å². The van der Waals surface area contributed by atoms with E-state index >= 15 is 0 Å². The summed E-state index contributed by atoms with van der Waals surface area (Å²) >= 11 is 0. The first-order chi connectivity index (χ1) is 15.5. The van der Waals surface area contributed by atoms with Crippen LogP contribution in [-0.4, -0.2) is 30.8 Å². The number of hydrogen-bond donors (Lipinski definition) is 1. The van der Waals surface area contributed by atoms with Crippen LogP contribution in [0.3, 0.4) is 0 Å². The number of rotatable bonds is 10. The maximum absolute atomic E-state index is 13.1. The summed E-state index contributed by atoms with van der Waals surface area (Å²) in [6.45, 7) is 3.78. The minimum Gasteiger partial charge on any atom is -0.467 e. The highest BCUT2D eigenvalue weighted by Gasteiger charge is 2.32. The van der Waals surface area contributed by atoms with Crippen molar-refractivity contribution in [3.05, 3.63) is 71.3 Å². The first-order valence-electron chi connectivity index (χ1n) is 10.6. The summed E-state index contributed by atoms with van der Waals surface area (Å²) in [6, 6.07) is 12.2. The van der Waals surface area contributed by atoms with Gasteiger partial charge in [-0.05, 0) is 36.5 Å². The van der Waals surface area contributed by atoms with Gasteiger partial charge in [0.25, 0.3) is 0 Å². The predicted molar refractivity (Wildman–Crippen MR) is 117 cm³/mol. The van der Waals surface area contributed by atoms with Crippen LogP contribution in [0.4, 0.5) is 13.2 Å². The summed E-state index contributed by atoms with van der Waals surface area (Å²) in [5.74, 6) is -2.51. The summed E-state index contributed by atoms with van der Waals surface area (Å²) in [7, 11) is 1.22. The molecule has 5 nitrogen and oxygen atoms in total. The van der Waals surface area contributed by atoms with E-state index in [1.54, 1.807) is 24.3 Å². The van der Waals surface area contributed by atoms with Crippen LogP contribution in [0.5, 0.6) is 0 Å². The second kappa shape index (κ2) is 11.6. The number of nitrogens with one attached hydrogen (secondary N) is 1. The predicted octanol–water partition coefficient (Wildman–Crippen LogP) is 4.84. The highest BCUT2D eigenvalue weighted by Crippen LogP contribution is 2.30. The number of alkyl halides is 3. The lowest BCUT2D eigenvalue weighted by atomic mass is 9.90. The number of benzene rings is 2. The molecule has 1 amide bonds. The van der Waals surface area contributed by atoms with Gasteiger partial charge in [-0.25, -0.2) is 4.79 Å². The molecule has 0 aliphatic rings. The van der Waals surface area contributed by atoms with Gasteiger partial charge in [0.05, 0.1) is 12.7 Å². The third kappa shape index (κ3) is 8.04. The van der Waals surface area contributed by atoms with Crippen molar-refractivity contribution in [3.63, 3.8) is 0 Å². The molecule has 1 N–H and O–H groups in total. The zero-order valence-electron chi connectivity index (χ0n) is 18.8. The van der Waals surface area contributed by atoms with Gasteiger partial charge >= 0.3 is 12.1 Å². The molecule has 0 radical (unpaired) electrons. The molecule has 2 aromatic carbocycles. The summed E-state index contributed by atoms with van der Waals surface area (Å²) in [4.78, 5) is 38.1. The van der Waals surface area contributed by atoms with Crippen molar-refractivity contribution in [3.8, 4) is 0 Å². The third-order valence-electron chi connectivity index (χ3n) is 5.15. The highest BCUT2D eigenvalue weighted by atomic mass is 19.4. The van der Waals surface area contributed by atoms with Gasteiger partial charge in [0.15, 0.2) is 5.78 Å². The molecule has 0 aliphatic carbocycles. The van der Waals surface area contributed by atoms with Gasteiger partial charge in [-0.3, -0.25) is 9.59 Å². The Morgan fingerprint density at radius 3 is 2.24 bits per heavy atom. The Morgan fingerprint density at radius 2 is 1.67 bits per heavy atom. The number of halogens is 3. The Kier molecular flexibility index (Phi) is 9.20. The fourth-order valence-corrected chi connectivity index (χ4v) is 3.48. The van der Waals surface area contributed by atoms with E-state index in [2.05, 4.69) is 5.32 Å². The number of esters is 1. The second-order valence-corrected chi connectivity index (χ2v) is 8.31. The van der Waals surface area contributed by atoms with Crippen molar-refractivity contribution in [2.45, 2.75) is 45.3 Å². The van der Waals surface area contributed by atoms with Gasteiger partial charge in [0, 0.05) is 17.9 Å². The SMILES string of the molecule is COC(=O)[C@@H](CC(C)C)NC(=O)C(CC(=O)c1cccc(C(F)(F)F)c1)Cc1ccccc1. The van der Waals surface area contributed by atoms with E-state index in [1.807, 2.05) is 19.9 Å². The molecule has 33 heavy (non-hydrogen) atoms. The molecule has 0 bridgehead atoms. The van der Waals surface area contributed by atoms with Crippen molar-refractivity contribution in [2.75, 3.05) is 7.11 Å². The standard InChI is InChI=1S/C25H28F3NO4/c1-16(2)12-21(24(32)33-3)29-23(31)19(13-17-8-5-4-6-9-17)15-22(30)18-10-7-11-20(14-18)25(26,27)28/h4-11,14,16,19,21H,12-13,15H2,1-3H3,(H,29,31)/t19?,21-/m1/s1. The number of ketones is 1. The molecular formula is C25H28F3NO4. The normalized spacial score (nSPS) is 13.3. The minimum absolute atomic E-state index is 0.0914. The maximum atomic E-state index is 13.1. The fraction of sp³-hybridized carbons (Fsp3) is 0.400. The third-order valence-corrected chi connectivity index (χ3v) is 5.15. The zero-order valence-corrected chi connectivity index (χ0v) is 18.8. The summed E-state index contributed by atoms with van der Waals surface area (Å²) in [5, 5.41) is 2.67. The molecule has 2 rings (SSSR count). The van der Waals surface area contributed by atoms with Gasteiger partial charge in [0.1, 0.15) is 6.04 Å². The Morgan fingerprint density at radius 1 is 1.00 bits per heavy atom. The Labute approximate surface area is 191 Å². The Bertz CT molecular complexity index is 958. The van der Waals surface area contributed by atoms with Crippen molar-refractivity contribution in [1.82, 2.24) is 5.32 Å². The molecule has 0 spiro atoms. The average Bonchev–Trinajstić information content (AvgIpc) is 2.77. The van der Waals surface area contributed by atoms with Crippen molar-refractivity contribution >= 4 is 17.7 Å². The molecule has 1 unspecified atom stereocenters. The van der Waals surface area contributed by atoms with E-state index in [1.165, 1.54) is 13.2 Å². The lowest BCUT2D eigenvalue weighted by molar-refractivity contribution is -0.146. The second-order valence-electron chi connectivity index (χ2n) is 8.31. The Hall–Kier alpha value is -3.16. The first kappa shape index (κ1) is 26.1. The molecule has 0 fully saturated rings. The highest BCUT2D eigenvalue weighted by molar-refractivity contribution is 5.99. The number of hydrogen-bond acceptors (Lipinski definition) is 4. The van der Waals surface area contributed by atoms with E-state index in [0.717, 1.165) is 23.8 Å². The van der Waals surface area contributed by atoms with Crippen molar-refractivity contribution < 1.29 is 32.3 Å². The largest absolute Gasteiger partial charge is 0.467 e. The number of Topliss-reactive ketones (excluding diaryl/α,β-unsaturated/α-hetero) is 1. The fourth-order valence-electron chi connectivity index (χ4n) is 3.48. The topological polar surface area (TPSA) is 72.5 Å². The molecule has 0 saturated carbocycles. The zero-order chi connectivity index (χ0) is 24.6. The average molecular weight is 463 g/mol. The monoisotopic (exact) mass is 463 g/mol. The van der Waals surface area contributed by atoms with Crippen molar-refractivity contribution in [2.24, 2.45) is 11.8 Å².